The average molecular weight is 338 g/mol. The summed E-state index contributed by atoms with van der Waals surface area (Å²) in [4.78, 5) is 15.0. The molecule has 4 heteroatoms. The van der Waals surface area contributed by atoms with Gasteiger partial charge in [-0.25, -0.2) is 0 Å². The van der Waals surface area contributed by atoms with Gasteiger partial charge < -0.3 is 15.4 Å². The zero-order chi connectivity index (χ0) is 17.8. The van der Waals surface area contributed by atoms with E-state index in [9.17, 15) is 4.79 Å². The second-order valence-corrected chi connectivity index (χ2v) is 6.76. The lowest BCUT2D eigenvalue weighted by Crippen LogP contribution is -2.41. The van der Waals surface area contributed by atoms with Gasteiger partial charge in [0.05, 0.1) is 7.11 Å². The van der Waals surface area contributed by atoms with E-state index in [-0.39, 0.29) is 18.0 Å². The van der Waals surface area contributed by atoms with Crippen molar-refractivity contribution in [1.29, 1.82) is 0 Å². The molecular weight excluding hydrogens is 312 g/mol. The molecule has 0 saturated heterocycles. The first-order chi connectivity index (χ1) is 12.1. The zero-order valence-electron chi connectivity index (χ0n) is 14.9. The summed E-state index contributed by atoms with van der Waals surface area (Å²) in [5.41, 5.74) is 8.18. The Hall–Kier alpha value is -2.33. The predicted molar refractivity (Wildman–Crippen MR) is 101 cm³/mol. The molecule has 0 radical (unpaired) electrons. The quantitative estimate of drug-likeness (QED) is 0.832. The summed E-state index contributed by atoms with van der Waals surface area (Å²) < 4.78 is 5.23. The summed E-state index contributed by atoms with van der Waals surface area (Å²) in [6.07, 6.45) is 2.67. The number of carbonyl (C=O) groups is 1. The summed E-state index contributed by atoms with van der Waals surface area (Å²) in [5.74, 6) is 1.44. The summed E-state index contributed by atoms with van der Waals surface area (Å²) in [7, 11) is 1.64. The Bertz CT molecular complexity index is 696. The third kappa shape index (κ3) is 4.20. The van der Waals surface area contributed by atoms with Crippen LogP contribution in [0.3, 0.4) is 0 Å². The molecular formula is C21H26N2O2. The first-order valence-electron chi connectivity index (χ1n) is 8.86. The number of hydrogen-bond acceptors (Lipinski definition) is 3. The van der Waals surface area contributed by atoms with Crippen molar-refractivity contribution in [3.8, 4) is 5.75 Å². The molecule has 0 aliphatic heterocycles. The summed E-state index contributed by atoms with van der Waals surface area (Å²) in [6.45, 7) is 2.13. The molecule has 2 aromatic carbocycles. The molecule has 2 N–H and O–H groups in total. The first kappa shape index (κ1) is 17.5. The van der Waals surface area contributed by atoms with Crippen LogP contribution in [-0.4, -0.2) is 19.1 Å². The fourth-order valence-electron chi connectivity index (χ4n) is 3.24. The Kier molecular flexibility index (Phi) is 5.39. The fraction of sp³-hybridized carbons (Fsp3) is 0.381. The van der Waals surface area contributed by atoms with Gasteiger partial charge in [-0.05, 0) is 55.5 Å². The highest BCUT2D eigenvalue weighted by atomic mass is 16.5. The molecule has 0 bridgehead atoms. The maximum Gasteiger partial charge on any atom is 0.229 e. The fourth-order valence-corrected chi connectivity index (χ4v) is 3.24. The van der Waals surface area contributed by atoms with Crippen molar-refractivity contribution in [3.63, 3.8) is 0 Å². The van der Waals surface area contributed by atoms with E-state index < -0.39 is 0 Å². The molecule has 1 fully saturated rings. The van der Waals surface area contributed by atoms with Crippen LogP contribution in [0.5, 0.6) is 5.75 Å². The van der Waals surface area contributed by atoms with E-state index >= 15 is 0 Å². The highest BCUT2D eigenvalue weighted by molar-refractivity contribution is 5.94. The maximum absolute atomic E-state index is 13.1. The largest absolute Gasteiger partial charge is 0.497 e. The second kappa shape index (κ2) is 7.70. The van der Waals surface area contributed by atoms with Crippen molar-refractivity contribution >= 4 is 11.6 Å². The van der Waals surface area contributed by atoms with Gasteiger partial charge in [0, 0.05) is 24.2 Å². The molecule has 2 unspecified atom stereocenters. The lowest BCUT2D eigenvalue weighted by Gasteiger charge is -2.31. The summed E-state index contributed by atoms with van der Waals surface area (Å²) in [6, 6.07) is 17.4. The van der Waals surface area contributed by atoms with Crippen LogP contribution in [-0.2, 0) is 4.79 Å². The smallest absolute Gasteiger partial charge is 0.229 e. The van der Waals surface area contributed by atoms with Gasteiger partial charge in [0.15, 0.2) is 0 Å². The maximum atomic E-state index is 13.1. The number of ether oxygens (including phenoxy) is 1. The van der Waals surface area contributed by atoms with E-state index in [0.29, 0.717) is 12.3 Å². The number of nitrogens with zero attached hydrogens (tertiary/aromatic N) is 1. The zero-order valence-corrected chi connectivity index (χ0v) is 14.9. The van der Waals surface area contributed by atoms with Gasteiger partial charge >= 0.3 is 0 Å². The predicted octanol–water partition coefficient (Wildman–Crippen LogP) is 3.92. The molecule has 4 nitrogen and oxygen atoms in total. The molecule has 132 valence electrons. The van der Waals surface area contributed by atoms with Gasteiger partial charge in [-0.2, -0.15) is 0 Å². The number of methoxy groups -OCH3 is 1. The number of benzene rings is 2. The molecule has 3 rings (SSSR count). The average Bonchev–Trinajstić information content (AvgIpc) is 3.48. The van der Waals surface area contributed by atoms with Crippen molar-refractivity contribution < 1.29 is 9.53 Å². The summed E-state index contributed by atoms with van der Waals surface area (Å²) >= 11 is 0. The van der Waals surface area contributed by atoms with E-state index in [2.05, 4.69) is 6.92 Å². The van der Waals surface area contributed by atoms with Crippen LogP contribution in [0.2, 0.25) is 0 Å². The minimum absolute atomic E-state index is 0.0703. The van der Waals surface area contributed by atoms with Gasteiger partial charge in [-0.1, -0.05) is 30.3 Å². The van der Waals surface area contributed by atoms with E-state index in [1.54, 1.807) is 7.11 Å². The Labute approximate surface area is 149 Å². The Morgan fingerprint density at radius 2 is 1.80 bits per heavy atom. The lowest BCUT2D eigenvalue weighted by molar-refractivity contribution is -0.119. The van der Waals surface area contributed by atoms with Gasteiger partial charge in [0.2, 0.25) is 5.91 Å². The van der Waals surface area contributed by atoms with Gasteiger partial charge in [-0.15, -0.1) is 0 Å². The van der Waals surface area contributed by atoms with Gasteiger partial charge in [0.25, 0.3) is 0 Å². The Morgan fingerprint density at radius 1 is 1.16 bits per heavy atom. The molecule has 1 amide bonds. The Morgan fingerprint density at radius 3 is 2.36 bits per heavy atom. The SMILES string of the molecule is COc1ccc(N(C(=O)CC(N)c2ccccc2)C(C)C2CC2)cc1. The van der Waals surface area contributed by atoms with Crippen LogP contribution in [0.15, 0.2) is 54.6 Å². The highest BCUT2D eigenvalue weighted by Crippen LogP contribution is 2.37. The van der Waals surface area contributed by atoms with Crippen molar-refractivity contribution in [2.24, 2.45) is 11.7 Å². The molecule has 1 aliphatic rings. The number of nitrogens with two attached hydrogens (primary N) is 1. The minimum Gasteiger partial charge on any atom is -0.497 e. The van der Waals surface area contributed by atoms with E-state index in [4.69, 9.17) is 10.5 Å². The monoisotopic (exact) mass is 338 g/mol. The van der Waals surface area contributed by atoms with Crippen LogP contribution in [0.1, 0.15) is 37.8 Å². The van der Waals surface area contributed by atoms with E-state index in [1.165, 1.54) is 12.8 Å². The molecule has 2 aromatic rings. The van der Waals surface area contributed by atoms with Crippen LogP contribution < -0.4 is 15.4 Å². The molecule has 1 saturated carbocycles. The number of amides is 1. The number of rotatable bonds is 7. The molecule has 0 spiro atoms. The third-order valence-corrected chi connectivity index (χ3v) is 4.95. The van der Waals surface area contributed by atoms with Crippen molar-refractivity contribution in [2.45, 2.75) is 38.3 Å². The molecule has 0 aromatic heterocycles. The standard InChI is InChI=1S/C21H26N2O2/c1-15(16-8-9-16)23(18-10-12-19(25-2)13-11-18)21(24)14-20(22)17-6-4-3-5-7-17/h3-7,10-13,15-16,20H,8-9,14,22H2,1-2H3. The minimum atomic E-state index is -0.291. The van der Waals surface area contributed by atoms with E-state index in [0.717, 1.165) is 17.0 Å². The third-order valence-electron chi connectivity index (χ3n) is 4.95. The van der Waals surface area contributed by atoms with Crippen LogP contribution >= 0.6 is 0 Å². The van der Waals surface area contributed by atoms with Crippen molar-refractivity contribution in [3.05, 3.63) is 60.2 Å². The molecule has 25 heavy (non-hydrogen) atoms. The summed E-state index contributed by atoms with van der Waals surface area (Å²) in [5, 5.41) is 0. The van der Waals surface area contributed by atoms with Crippen molar-refractivity contribution in [1.82, 2.24) is 0 Å². The van der Waals surface area contributed by atoms with Crippen LogP contribution in [0, 0.1) is 5.92 Å². The lowest BCUT2D eigenvalue weighted by atomic mass is 10.0. The number of carbonyl (C=O) groups excluding carboxylic acids is 1. The second-order valence-electron chi connectivity index (χ2n) is 6.76. The highest BCUT2D eigenvalue weighted by Gasteiger charge is 2.35. The molecule has 2 atom stereocenters. The molecule has 1 aliphatic carbocycles. The first-order valence-corrected chi connectivity index (χ1v) is 8.86. The Balaban J connectivity index is 1.79. The van der Waals surface area contributed by atoms with Gasteiger partial charge in [0.1, 0.15) is 5.75 Å². The number of hydrogen-bond donors (Lipinski definition) is 1. The normalized spacial score (nSPS) is 16.1. The van der Waals surface area contributed by atoms with Crippen molar-refractivity contribution in [2.75, 3.05) is 12.0 Å². The van der Waals surface area contributed by atoms with Crippen LogP contribution in [0.25, 0.3) is 0 Å². The van der Waals surface area contributed by atoms with E-state index in [1.807, 2.05) is 59.5 Å². The molecule has 0 heterocycles. The van der Waals surface area contributed by atoms with Crippen LogP contribution in [0.4, 0.5) is 5.69 Å². The van der Waals surface area contributed by atoms with Gasteiger partial charge in [-0.3, -0.25) is 4.79 Å². The topological polar surface area (TPSA) is 55.6 Å². The number of anilines is 1.